The number of benzene rings is 1. The van der Waals surface area contributed by atoms with Gasteiger partial charge in [-0.2, -0.15) is 0 Å². The predicted octanol–water partition coefficient (Wildman–Crippen LogP) is 3.46. The number of hydrogen-bond donors (Lipinski definition) is 2. The lowest BCUT2D eigenvalue weighted by Gasteiger charge is -2.32. The highest BCUT2D eigenvalue weighted by Crippen LogP contribution is 2.20. The van der Waals surface area contributed by atoms with Crippen molar-refractivity contribution in [3.63, 3.8) is 0 Å². The second kappa shape index (κ2) is 7.67. The molecule has 4 heteroatoms. The summed E-state index contributed by atoms with van der Waals surface area (Å²) in [6.07, 6.45) is 4.06. The summed E-state index contributed by atoms with van der Waals surface area (Å²) in [5.74, 6) is 0.570. The molecule has 1 amide bonds. The fourth-order valence-electron chi connectivity index (χ4n) is 3.48. The van der Waals surface area contributed by atoms with Crippen LogP contribution in [0.4, 0.5) is 0 Å². The average molecular weight is 325 g/mol. The van der Waals surface area contributed by atoms with E-state index in [4.69, 9.17) is 0 Å². The van der Waals surface area contributed by atoms with Gasteiger partial charge in [0, 0.05) is 36.9 Å². The second-order valence-electron chi connectivity index (χ2n) is 7.09. The fourth-order valence-corrected chi connectivity index (χ4v) is 3.48. The number of nitrogens with one attached hydrogen (secondary N) is 2. The Kier molecular flexibility index (Phi) is 5.36. The number of aromatic nitrogens is 1. The summed E-state index contributed by atoms with van der Waals surface area (Å²) in [5, 5.41) is 4.31. The minimum Gasteiger partial charge on any atom is -0.357 e. The maximum absolute atomic E-state index is 11.8. The smallest absolute Gasteiger partial charge is 0.243 e. The zero-order valence-corrected chi connectivity index (χ0v) is 14.6. The van der Waals surface area contributed by atoms with Crippen LogP contribution in [-0.4, -0.2) is 35.4 Å². The van der Waals surface area contributed by atoms with Crippen molar-refractivity contribution in [1.29, 1.82) is 0 Å². The summed E-state index contributed by atoms with van der Waals surface area (Å²) in [5.41, 5.74) is 3.51. The highest BCUT2D eigenvalue weighted by Gasteiger charge is 2.20. The number of H-pyrrole nitrogens is 1. The van der Waals surface area contributed by atoms with Gasteiger partial charge in [-0.3, -0.25) is 9.69 Å². The van der Waals surface area contributed by atoms with Gasteiger partial charge in [-0.05, 0) is 56.7 Å². The van der Waals surface area contributed by atoms with Crippen molar-refractivity contribution in [3.8, 4) is 0 Å². The molecule has 0 aliphatic carbocycles. The third kappa shape index (κ3) is 4.48. The molecule has 0 spiro atoms. The number of fused-ring (bicyclic) bond motifs is 1. The first kappa shape index (κ1) is 16.8. The number of carbonyl (C=O) groups is 1. The van der Waals surface area contributed by atoms with E-state index in [1.54, 1.807) is 6.08 Å². The number of para-hydroxylation sites is 1. The molecule has 0 saturated carbocycles. The molecule has 24 heavy (non-hydrogen) atoms. The van der Waals surface area contributed by atoms with E-state index in [-0.39, 0.29) is 5.91 Å². The Morgan fingerprint density at radius 2 is 2.21 bits per heavy atom. The SMILES string of the molecule is CC(C)=CC(=O)NC[C@@H]1CCCN(Cc2cc3ccccc3[nH]2)C1. The van der Waals surface area contributed by atoms with Gasteiger partial charge in [0.1, 0.15) is 0 Å². The zero-order chi connectivity index (χ0) is 16.9. The van der Waals surface area contributed by atoms with Crippen LogP contribution in [0.3, 0.4) is 0 Å². The highest BCUT2D eigenvalue weighted by molar-refractivity contribution is 5.88. The second-order valence-corrected chi connectivity index (χ2v) is 7.09. The summed E-state index contributed by atoms with van der Waals surface area (Å²) in [7, 11) is 0. The molecule has 4 nitrogen and oxygen atoms in total. The van der Waals surface area contributed by atoms with Gasteiger partial charge in [-0.25, -0.2) is 0 Å². The van der Waals surface area contributed by atoms with Gasteiger partial charge in [-0.15, -0.1) is 0 Å². The first-order valence-corrected chi connectivity index (χ1v) is 8.82. The zero-order valence-electron chi connectivity index (χ0n) is 14.6. The standard InChI is InChI=1S/C20H27N3O/c1-15(2)10-20(24)21-12-16-6-5-9-23(13-16)14-18-11-17-7-3-4-8-19(17)22-18/h3-4,7-8,10-11,16,22H,5-6,9,12-14H2,1-2H3,(H,21,24)/t16-/m0/s1. The van der Waals surface area contributed by atoms with Gasteiger partial charge >= 0.3 is 0 Å². The molecule has 1 aromatic heterocycles. The average Bonchev–Trinajstić information content (AvgIpc) is 2.95. The van der Waals surface area contributed by atoms with Crippen LogP contribution in [0.15, 0.2) is 42.0 Å². The topological polar surface area (TPSA) is 48.1 Å². The lowest BCUT2D eigenvalue weighted by molar-refractivity contribution is -0.116. The number of piperidine rings is 1. The van der Waals surface area contributed by atoms with Crippen molar-refractivity contribution in [3.05, 3.63) is 47.7 Å². The van der Waals surface area contributed by atoms with E-state index >= 15 is 0 Å². The Balaban J connectivity index is 1.53. The largest absolute Gasteiger partial charge is 0.357 e. The molecule has 2 N–H and O–H groups in total. The maximum Gasteiger partial charge on any atom is 0.243 e. The number of hydrogen-bond acceptors (Lipinski definition) is 2. The van der Waals surface area contributed by atoms with Gasteiger partial charge < -0.3 is 10.3 Å². The van der Waals surface area contributed by atoms with Crippen molar-refractivity contribution in [2.75, 3.05) is 19.6 Å². The van der Waals surface area contributed by atoms with Crippen LogP contribution in [0.2, 0.25) is 0 Å². The lowest BCUT2D eigenvalue weighted by atomic mass is 9.98. The van der Waals surface area contributed by atoms with Crippen LogP contribution in [0.5, 0.6) is 0 Å². The Labute approximate surface area is 143 Å². The third-order valence-corrected chi connectivity index (χ3v) is 4.57. The Hall–Kier alpha value is -2.07. The monoisotopic (exact) mass is 325 g/mol. The Morgan fingerprint density at radius 3 is 3.00 bits per heavy atom. The van der Waals surface area contributed by atoms with Crippen LogP contribution >= 0.6 is 0 Å². The first-order chi connectivity index (χ1) is 11.6. The molecule has 0 radical (unpaired) electrons. The number of likely N-dealkylation sites (tertiary alicyclic amines) is 1. The molecule has 2 heterocycles. The number of rotatable bonds is 5. The molecule has 0 bridgehead atoms. The molecule has 1 aliphatic heterocycles. The van der Waals surface area contributed by atoms with Gasteiger partial charge in [0.25, 0.3) is 0 Å². The third-order valence-electron chi connectivity index (χ3n) is 4.57. The Morgan fingerprint density at radius 1 is 1.38 bits per heavy atom. The molecule has 1 fully saturated rings. The molecular formula is C20H27N3O. The van der Waals surface area contributed by atoms with Crippen molar-refractivity contribution in [1.82, 2.24) is 15.2 Å². The minimum atomic E-state index is 0.0303. The molecule has 1 atom stereocenters. The molecule has 0 unspecified atom stereocenters. The van der Waals surface area contributed by atoms with Crippen molar-refractivity contribution in [2.24, 2.45) is 5.92 Å². The predicted molar refractivity (Wildman–Crippen MR) is 98.7 cm³/mol. The number of amides is 1. The van der Waals surface area contributed by atoms with E-state index in [2.05, 4.69) is 45.5 Å². The molecule has 3 rings (SSSR count). The number of aromatic amines is 1. The van der Waals surface area contributed by atoms with Crippen LogP contribution in [-0.2, 0) is 11.3 Å². The number of carbonyl (C=O) groups excluding carboxylic acids is 1. The minimum absolute atomic E-state index is 0.0303. The van der Waals surface area contributed by atoms with Crippen LogP contribution < -0.4 is 5.32 Å². The molecule has 1 aliphatic rings. The van der Waals surface area contributed by atoms with Crippen molar-refractivity contribution >= 4 is 16.8 Å². The van der Waals surface area contributed by atoms with Crippen molar-refractivity contribution < 1.29 is 4.79 Å². The van der Waals surface area contributed by atoms with E-state index in [9.17, 15) is 4.79 Å². The summed E-state index contributed by atoms with van der Waals surface area (Å²) in [4.78, 5) is 17.8. The summed E-state index contributed by atoms with van der Waals surface area (Å²) >= 11 is 0. The lowest BCUT2D eigenvalue weighted by Crippen LogP contribution is -2.40. The van der Waals surface area contributed by atoms with E-state index in [1.165, 1.54) is 29.4 Å². The van der Waals surface area contributed by atoms with Gasteiger partial charge in [0.05, 0.1) is 0 Å². The van der Waals surface area contributed by atoms with E-state index < -0.39 is 0 Å². The van der Waals surface area contributed by atoms with Gasteiger partial charge in [0.15, 0.2) is 0 Å². The normalized spacial score (nSPS) is 18.5. The number of nitrogens with zero attached hydrogens (tertiary/aromatic N) is 1. The fraction of sp³-hybridized carbons (Fsp3) is 0.450. The van der Waals surface area contributed by atoms with Crippen LogP contribution in [0, 0.1) is 5.92 Å². The first-order valence-electron chi connectivity index (χ1n) is 8.82. The summed E-state index contributed by atoms with van der Waals surface area (Å²) < 4.78 is 0. The van der Waals surface area contributed by atoms with Crippen LogP contribution in [0.1, 0.15) is 32.4 Å². The Bertz CT molecular complexity index is 694. The van der Waals surface area contributed by atoms with E-state index in [0.29, 0.717) is 5.92 Å². The van der Waals surface area contributed by atoms with Gasteiger partial charge in [-0.1, -0.05) is 23.8 Å². The molecule has 128 valence electrons. The van der Waals surface area contributed by atoms with Crippen molar-refractivity contribution in [2.45, 2.75) is 33.2 Å². The van der Waals surface area contributed by atoms with Crippen LogP contribution in [0.25, 0.3) is 10.9 Å². The van der Waals surface area contributed by atoms with Gasteiger partial charge in [0.2, 0.25) is 5.91 Å². The van der Waals surface area contributed by atoms with E-state index in [1.807, 2.05) is 13.8 Å². The highest BCUT2D eigenvalue weighted by atomic mass is 16.1. The maximum atomic E-state index is 11.8. The summed E-state index contributed by atoms with van der Waals surface area (Å²) in [6, 6.07) is 10.7. The molecular weight excluding hydrogens is 298 g/mol. The van der Waals surface area contributed by atoms with E-state index in [0.717, 1.165) is 31.8 Å². The number of allylic oxidation sites excluding steroid dienone is 1. The molecule has 1 saturated heterocycles. The molecule has 1 aromatic carbocycles. The molecule has 2 aromatic rings. The summed E-state index contributed by atoms with van der Waals surface area (Å²) in [6.45, 7) is 7.79. The quantitative estimate of drug-likeness (QED) is 0.827.